The third kappa shape index (κ3) is 2.40. The van der Waals surface area contributed by atoms with E-state index in [-0.39, 0.29) is 5.97 Å². The summed E-state index contributed by atoms with van der Waals surface area (Å²) in [5, 5.41) is 0. The minimum atomic E-state index is -0.255. The number of rotatable bonds is 3. The van der Waals surface area contributed by atoms with Gasteiger partial charge in [0, 0.05) is 23.8 Å². The molecule has 3 nitrogen and oxygen atoms in total. The number of benzene rings is 1. The number of nitrogens with zero attached hydrogens (tertiary/aromatic N) is 1. The highest BCUT2D eigenvalue weighted by Gasteiger charge is 2.24. The smallest absolute Gasteiger partial charge is 0.333 e. The van der Waals surface area contributed by atoms with E-state index in [1.54, 1.807) is 6.92 Å². The van der Waals surface area contributed by atoms with Crippen molar-refractivity contribution < 1.29 is 9.53 Å². The fourth-order valence-corrected chi connectivity index (χ4v) is 2.39. The topological polar surface area (TPSA) is 29.5 Å². The maximum absolute atomic E-state index is 11.3. The molecular weight excluding hydrogens is 226 g/mol. The van der Waals surface area contributed by atoms with Crippen LogP contribution in [0.5, 0.6) is 0 Å². The lowest BCUT2D eigenvalue weighted by atomic mass is 10.1. The first-order chi connectivity index (χ1) is 8.63. The number of ether oxygens (including phenoxy) is 1. The zero-order valence-corrected chi connectivity index (χ0v) is 11.1. The third-order valence-corrected chi connectivity index (χ3v) is 3.45. The average molecular weight is 245 g/mol. The van der Waals surface area contributed by atoms with Gasteiger partial charge in [0.2, 0.25) is 0 Å². The summed E-state index contributed by atoms with van der Waals surface area (Å²) in [6.45, 7) is 4.75. The highest BCUT2D eigenvalue weighted by molar-refractivity contribution is 5.87. The van der Waals surface area contributed by atoms with Gasteiger partial charge in [-0.1, -0.05) is 24.3 Å². The van der Waals surface area contributed by atoms with Crippen LogP contribution in [0.25, 0.3) is 0 Å². The summed E-state index contributed by atoms with van der Waals surface area (Å²) in [6, 6.07) is 8.91. The van der Waals surface area contributed by atoms with E-state index in [2.05, 4.69) is 36.1 Å². The van der Waals surface area contributed by atoms with Gasteiger partial charge in [0.15, 0.2) is 0 Å². The van der Waals surface area contributed by atoms with Crippen molar-refractivity contribution in [2.24, 2.45) is 0 Å². The van der Waals surface area contributed by atoms with Crippen LogP contribution in [0.4, 0.5) is 5.69 Å². The molecule has 1 unspecified atom stereocenters. The second-order valence-corrected chi connectivity index (χ2v) is 4.71. The maximum atomic E-state index is 11.3. The molecule has 0 saturated carbocycles. The molecule has 18 heavy (non-hydrogen) atoms. The van der Waals surface area contributed by atoms with E-state index < -0.39 is 0 Å². The van der Waals surface area contributed by atoms with Crippen LogP contribution in [0.3, 0.4) is 0 Å². The standard InChI is InChI=1S/C15H19NO2/c1-11(15(17)18-3)8-9-16-12(2)10-13-6-4-5-7-14(13)16/h4-8,12H,9-10H2,1-3H3. The summed E-state index contributed by atoms with van der Waals surface area (Å²) in [5.74, 6) is -0.255. The van der Waals surface area contributed by atoms with Gasteiger partial charge in [-0.15, -0.1) is 0 Å². The largest absolute Gasteiger partial charge is 0.466 e. The summed E-state index contributed by atoms with van der Waals surface area (Å²) >= 11 is 0. The van der Waals surface area contributed by atoms with E-state index in [4.69, 9.17) is 4.74 Å². The number of carbonyl (C=O) groups excluding carboxylic acids is 1. The normalized spacial score (nSPS) is 18.7. The molecule has 0 amide bonds. The molecule has 0 N–H and O–H groups in total. The Balaban J connectivity index is 2.13. The van der Waals surface area contributed by atoms with Crippen molar-refractivity contribution in [3.63, 3.8) is 0 Å². The van der Waals surface area contributed by atoms with E-state index in [1.165, 1.54) is 18.4 Å². The molecule has 1 aromatic rings. The number of fused-ring (bicyclic) bond motifs is 1. The number of para-hydroxylation sites is 1. The summed E-state index contributed by atoms with van der Waals surface area (Å²) in [6.07, 6.45) is 3.01. The molecular formula is C15H19NO2. The van der Waals surface area contributed by atoms with E-state index in [0.29, 0.717) is 11.6 Å². The van der Waals surface area contributed by atoms with Crippen LogP contribution in [-0.2, 0) is 16.0 Å². The molecule has 0 aromatic heterocycles. The lowest BCUT2D eigenvalue weighted by molar-refractivity contribution is -0.136. The van der Waals surface area contributed by atoms with Crippen LogP contribution in [-0.4, -0.2) is 25.7 Å². The Morgan fingerprint density at radius 1 is 1.50 bits per heavy atom. The van der Waals surface area contributed by atoms with Gasteiger partial charge < -0.3 is 9.64 Å². The molecule has 1 aliphatic heterocycles. The van der Waals surface area contributed by atoms with E-state index >= 15 is 0 Å². The summed E-state index contributed by atoms with van der Waals surface area (Å²) < 4.78 is 4.70. The second-order valence-electron chi connectivity index (χ2n) is 4.71. The average Bonchev–Trinajstić information content (AvgIpc) is 2.70. The van der Waals surface area contributed by atoms with Crippen molar-refractivity contribution in [1.82, 2.24) is 0 Å². The molecule has 1 aliphatic rings. The predicted molar refractivity (Wildman–Crippen MR) is 72.7 cm³/mol. The van der Waals surface area contributed by atoms with Gasteiger partial charge in [-0.3, -0.25) is 0 Å². The van der Waals surface area contributed by atoms with Gasteiger partial charge in [0.05, 0.1) is 7.11 Å². The summed E-state index contributed by atoms with van der Waals surface area (Å²) in [4.78, 5) is 13.7. The Labute approximate surface area is 108 Å². The molecule has 0 radical (unpaired) electrons. The number of carbonyl (C=O) groups is 1. The molecule has 0 saturated heterocycles. The van der Waals surface area contributed by atoms with Gasteiger partial charge in [-0.05, 0) is 31.9 Å². The van der Waals surface area contributed by atoms with Crippen molar-refractivity contribution in [2.75, 3.05) is 18.6 Å². The zero-order chi connectivity index (χ0) is 13.1. The first kappa shape index (κ1) is 12.7. The number of esters is 1. The first-order valence-electron chi connectivity index (χ1n) is 6.23. The first-order valence-corrected chi connectivity index (χ1v) is 6.23. The van der Waals surface area contributed by atoms with Gasteiger partial charge >= 0.3 is 5.97 Å². The van der Waals surface area contributed by atoms with Gasteiger partial charge in [-0.2, -0.15) is 0 Å². The number of hydrogen-bond acceptors (Lipinski definition) is 3. The van der Waals surface area contributed by atoms with Crippen molar-refractivity contribution in [1.29, 1.82) is 0 Å². The van der Waals surface area contributed by atoms with Gasteiger partial charge in [-0.25, -0.2) is 4.79 Å². The molecule has 0 fully saturated rings. The van der Waals surface area contributed by atoms with Crippen LogP contribution in [0.1, 0.15) is 19.4 Å². The lowest BCUT2D eigenvalue weighted by Gasteiger charge is -2.23. The molecule has 1 aromatic carbocycles. The minimum absolute atomic E-state index is 0.255. The molecule has 0 spiro atoms. The fraction of sp³-hybridized carbons (Fsp3) is 0.400. The molecule has 1 heterocycles. The Morgan fingerprint density at radius 3 is 2.94 bits per heavy atom. The molecule has 96 valence electrons. The highest BCUT2D eigenvalue weighted by atomic mass is 16.5. The van der Waals surface area contributed by atoms with Gasteiger partial charge in [0.1, 0.15) is 0 Å². The molecule has 0 aliphatic carbocycles. The Kier molecular flexibility index (Phi) is 3.70. The monoisotopic (exact) mass is 245 g/mol. The number of methoxy groups -OCH3 is 1. The van der Waals surface area contributed by atoms with Crippen LogP contribution in [0, 0.1) is 0 Å². The lowest BCUT2D eigenvalue weighted by Crippen LogP contribution is -2.29. The highest BCUT2D eigenvalue weighted by Crippen LogP contribution is 2.31. The SMILES string of the molecule is COC(=O)C(C)=CCN1c2ccccc2CC1C. The number of anilines is 1. The van der Waals surface area contributed by atoms with Crippen LogP contribution in [0.15, 0.2) is 35.9 Å². The zero-order valence-electron chi connectivity index (χ0n) is 11.1. The fourth-order valence-electron chi connectivity index (χ4n) is 2.39. The summed E-state index contributed by atoms with van der Waals surface area (Å²) in [7, 11) is 1.41. The molecule has 2 rings (SSSR count). The molecule has 0 bridgehead atoms. The third-order valence-electron chi connectivity index (χ3n) is 3.45. The van der Waals surface area contributed by atoms with Crippen molar-refractivity contribution >= 4 is 11.7 Å². The quantitative estimate of drug-likeness (QED) is 0.605. The Morgan fingerprint density at radius 2 is 2.22 bits per heavy atom. The van der Waals surface area contributed by atoms with Gasteiger partial charge in [0.25, 0.3) is 0 Å². The summed E-state index contributed by atoms with van der Waals surface area (Å²) in [5.41, 5.74) is 3.32. The Hall–Kier alpha value is -1.77. The van der Waals surface area contributed by atoms with Crippen molar-refractivity contribution in [2.45, 2.75) is 26.3 Å². The minimum Gasteiger partial charge on any atom is -0.466 e. The molecule has 3 heteroatoms. The van der Waals surface area contributed by atoms with Crippen LogP contribution >= 0.6 is 0 Å². The van der Waals surface area contributed by atoms with E-state index in [9.17, 15) is 4.79 Å². The predicted octanol–water partition coefficient (Wildman–Crippen LogP) is 2.56. The van der Waals surface area contributed by atoms with E-state index in [0.717, 1.165) is 13.0 Å². The second kappa shape index (κ2) is 5.25. The van der Waals surface area contributed by atoms with E-state index in [1.807, 2.05) is 6.08 Å². The molecule has 1 atom stereocenters. The number of hydrogen-bond donors (Lipinski definition) is 0. The van der Waals surface area contributed by atoms with Crippen molar-refractivity contribution in [3.8, 4) is 0 Å². The van der Waals surface area contributed by atoms with Crippen LogP contribution in [0.2, 0.25) is 0 Å². The van der Waals surface area contributed by atoms with Crippen LogP contribution < -0.4 is 4.90 Å². The maximum Gasteiger partial charge on any atom is 0.333 e. The van der Waals surface area contributed by atoms with Crippen molar-refractivity contribution in [3.05, 3.63) is 41.5 Å². The Bertz CT molecular complexity index is 479.